The van der Waals surface area contributed by atoms with E-state index in [0.29, 0.717) is 0 Å². The van der Waals surface area contributed by atoms with Crippen molar-refractivity contribution in [1.82, 2.24) is 4.98 Å². The molecule has 3 aromatic carbocycles. The maximum atomic E-state index is 12.7. The first-order chi connectivity index (χ1) is 11.0. The molecule has 1 aromatic heterocycles. The molecule has 0 aliphatic heterocycles. The summed E-state index contributed by atoms with van der Waals surface area (Å²) in [7, 11) is 0. The SMILES string of the molecule is FC(F)(F)c1ccc(-c2cccc3c2[nH]c2ccccc23)cc1. The number of benzene rings is 3. The molecule has 0 spiro atoms. The Kier molecular flexibility index (Phi) is 2.94. The van der Waals surface area contributed by atoms with Gasteiger partial charge in [-0.3, -0.25) is 0 Å². The molecular formula is C19H12F3N. The van der Waals surface area contributed by atoms with Crippen molar-refractivity contribution in [2.45, 2.75) is 6.18 Å². The Hall–Kier alpha value is -2.75. The lowest BCUT2D eigenvalue weighted by molar-refractivity contribution is -0.137. The van der Waals surface area contributed by atoms with Gasteiger partial charge in [-0.05, 0) is 23.8 Å². The molecule has 0 unspecified atom stereocenters. The minimum atomic E-state index is -4.31. The normalized spacial score (nSPS) is 12.1. The lowest BCUT2D eigenvalue weighted by Gasteiger charge is -2.08. The van der Waals surface area contributed by atoms with Gasteiger partial charge < -0.3 is 4.98 Å². The topological polar surface area (TPSA) is 15.8 Å². The van der Waals surface area contributed by atoms with Crippen molar-refractivity contribution in [3.05, 3.63) is 72.3 Å². The van der Waals surface area contributed by atoms with Crippen molar-refractivity contribution in [2.24, 2.45) is 0 Å². The van der Waals surface area contributed by atoms with Crippen molar-refractivity contribution in [3.8, 4) is 11.1 Å². The third-order valence-corrected chi connectivity index (χ3v) is 4.06. The van der Waals surface area contributed by atoms with Gasteiger partial charge in [0.2, 0.25) is 0 Å². The molecule has 0 fully saturated rings. The number of para-hydroxylation sites is 2. The van der Waals surface area contributed by atoms with Crippen LogP contribution < -0.4 is 0 Å². The third kappa shape index (κ3) is 2.27. The smallest absolute Gasteiger partial charge is 0.354 e. The highest BCUT2D eigenvalue weighted by Crippen LogP contribution is 2.35. The summed E-state index contributed by atoms with van der Waals surface area (Å²) < 4.78 is 38.1. The van der Waals surface area contributed by atoms with Crippen molar-refractivity contribution in [3.63, 3.8) is 0 Å². The van der Waals surface area contributed by atoms with E-state index in [9.17, 15) is 13.2 Å². The number of H-pyrrole nitrogens is 1. The highest BCUT2D eigenvalue weighted by molar-refractivity contribution is 6.11. The van der Waals surface area contributed by atoms with Crippen LogP contribution in [0.3, 0.4) is 0 Å². The van der Waals surface area contributed by atoms with Crippen LogP contribution in [0.5, 0.6) is 0 Å². The zero-order chi connectivity index (χ0) is 16.0. The maximum Gasteiger partial charge on any atom is 0.416 e. The fourth-order valence-corrected chi connectivity index (χ4v) is 2.95. The van der Waals surface area contributed by atoms with Crippen LogP contribution in [0.25, 0.3) is 32.9 Å². The molecular weight excluding hydrogens is 299 g/mol. The summed E-state index contributed by atoms with van der Waals surface area (Å²) in [6.45, 7) is 0. The number of aromatic amines is 1. The predicted molar refractivity (Wildman–Crippen MR) is 86.2 cm³/mol. The monoisotopic (exact) mass is 311 g/mol. The van der Waals surface area contributed by atoms with Crippen LogP contribution in [0, 0.1) is 0 Å². The van der Waals surface area contributed by atoms with Crippen LogP contribution in [-0.4, -0.2) is 4.98 Å². The molecule has 0 atom stereocenters. The van der Waals surface area contributed by atoms with E-state index in [-0.39, 0.29) is 0 Å². The van der Waals surface area contributed by atoms with Gasteiger partial charge in [-0.15, -0.1) is 0 Å². The van der Waals surface area contributed by atoms with Crippen molar-refractivity contribution in [1.29, 1.82) is 0 Å². The number of hydrogen-bond donors (Lipinski definition) is 1. The van der Waals surface area contributed by atoms with Gasteiger partial charge in [0.1, 0.15) is 0 Å². The fourth-order valence-electron chi connectivity index (χ4n) is 2.95. The molecule has 0 bridgehead atoms. The number of aromatic nitrogens is 1. The van der Waals surface area contributed by atoms with Crippen molar-refractivity contribution in [2.75, 3.05) is 0 Å². The summed E-state index contributed by atoms with van der Waals surface area (Å²) in [5.74, 6) is 0. The second-order valence-corrected chi connectivity index (χ2v) is 5.47. The van der Waals surface area contributed by atoms with Gasteiger partial charge in [0.05, 0.1) is 11.1 Å². The Morgan fingerprint density at radius 1 is 0.696 bits per heavy atom. The molecule has 1 heterocycles. The summed E-state index contributed by atoms with van der Waals surface area (Å²) in [6, 6.07) is 19.1. The largest absolute Gasteiger partial charge is 0.416 e. The number of hydrogen-bond acceptors (Lipinski definition) is 0. The minimum absolute atomic E-state index is 0.634. The van der Waals surface area contributed by atoms with Crippen LogP contribution in [0.15, 0.2) is 66.7 Å². The molecule has 1 N–H and O–H groups in total. The van der Waals surface area contributed by atoms with E-state index in [2.05, 4.69) is 4.98 Å². The fraction of sp³-hybridized carbons (Fsp3) is 0.0526. The number of alkyl halides is 3. The minimum Gasteiger partial charge on any atom is -0.354 e. The quantitative estimate of drug-likeness (QED) is 0.443. The van der Waals surface area contributed by atoms with E-state index in [1.807, 2.05) is 42.5 Å². The van der Waals surface area contributed by atoms with Gasteiger partial charge in [-0.2, -0.15) is 13.2 Å². The lowest BCUT2D eigenvalue weighted by atomic mass is 10.0. The number of rotatable bonds is 1. The molecule has 0 radical (unpaired) electrons. The van der Waals surface area contributed by atoms with Gasteiger partial charge in [0.25, 0.3) is 0 Å². The van der Waals surface area contributed by atoms with E-state index in [0.717, 1.165) is 45.1 Å². The van der Waals surface area contributed by atoms with Gasteiger partial charge in [0, 0.05) is 21.9 Å². The predicted octanol–water partition coefficient (Wildman–Crippen LogP) is 6.01. The highest BCUT2D eigenvalue weighted by Gasteiger charge is 2.30. The third-order valence-electron chi connectivity index (χ3n) is 4.06. The maximum absolute atomic E-state index is 12.7. The van der Waals surface area contributed by atoms with Crippen molar-refractivity contribution < 1.29 is 13.2 Å². The average molecular weight is 311 g/mol. The summed E-state index contributed by atoms with van der Waals surface area (Å²) in [6.07, 6.45) is -4.31. The lowest BCUT2D eigenvalue weighted by Crippen LogP contribution is -2.03. The Balaban J connectivity index is 1.92. The molecule has 0 saturated carbocycles. The van der Waals surface area contributed by atoms with Gasteiger partial charge in [-0.1, -0.05) is 48.5 Å². The van der Waals surface area contributed by atoms with Gasteiger partial charge in [0.15, 0.2) is 0 Å². The molecule has 23 heavy (non-hydrogen) atoms. The summed E-state index contributed by atoms with van der Waals surface area (Å²) >= 11 is 0. The molecule has 0 aliphatic carbocycles. The zero-order valence-electron chi connectivity index (χ0n) is 12.0. The van der Waals surface area contributed by atoms with Crippen LogP contribution >= 0.6 is 0 Å². The van der Waals surface area contributed by atoms with E-state index in [1.165, 1.54) is 12.1 Å². The molecule has 4 aromatic rings. The summed E-state index contributed by atoms with van der Waals surface area (Å²) in [5.41, 5.74) is 2.97. The second kappa shape index (κ2) is 4.88. The number of halogens is 3. The molecule has 4 heteroatoms. The average Bonchev–Trinajstić information content (AvgIpc) is 2.93. The van der Waals surface area contributed by atoms with Crippen LogP contribution in [0.1, 0.15) is 5.56 Å². The van der Waals surface area contributed by atoms with Crippen LogP contribution in [0.4, 0.5) is 13.2 Å². The Morgan fingerprint density at radius 3 is 2.13 bits per heavy atom. The first-order valence-corrected chi connectivity index (χ1v) is 7.21. The standard InChI is InChI=1S/C19H12F3N/c20-19(21,22)13-10-8-12(9-11-13)14-5-3-6-16-15-4-1-2-7-17(15)23-18(14)16/h1-11,23H. The molecule has 114 valence electrons. The molecule has 1 nitrogen and oxygen atoms in total. The van der Waals surface area contributed by atoms with Crippen molar-refractivity contribution >= 4 is 21.8 Å². The summed E-state index contributed by atoms with van der Waals surface area (Å²) in [5, 5.41) is 2.18. The molecule has 4 rings (SSSR count). The number of nitrogens with one attached hydrogen (secondary N) is 1. The highest BCUT2D eigenvalue weighted by atomic mass is 19.4. The van der Waals surface area contributed by atoms with E-state index in [1.54, 1.807) is 0 Å². The van der Waals surface area contributed by atoms with Gasteiger partial charge >= 0.3 is 6.18 Å². The summed E-state index contributed by atoms with van der Waals surface area (Å²) in [4.78, 5) is 3.37. The second-order valence-electron chi connectivity index (χ2n) is 5.47. The first kappa shape index (κ1) is 13.9. The van der Waals surface area contributed by atoms with Crippen LogP contribution in [-0.2, 0) is 6.18 Å². The Labute approximate surface area is 130 Å². The first-order valence-electron chi connectivity index (χ1n) is 7.21. The zero-order valence-corrected chi connectivity index (χ0v) is 12.0. The van der Waals surface area contributed by atoms with Crippen LogP contribution in [0.2, 0.25) is 0 Å². The molecule has 0 amide bonds. The van der Waals surface area contributed by atoms with E-state index < -0.39 is 11.7 Å². The van der Waals surface area contributed by atoms with E-state index in [4.69, 9.17) is 0 Å². The Morgan fingerprint density at radius 2 is 1.39 bits per heavy atom. The molecule has 0 aliphatic rings. The Bertz CT molecular complexity index is 995. The molecule has 0 saturated heterocycles. The van der Waals surface area contributed by atoms with E-state index >= 15 is 0 Å². The van der Waals surface area contributed by atoms with Gasteiger partial charge in [-0.25, -0.2) is 0 Å². The number of fused-ring (bicyclic) bond motifs is 3.